The number of aromatic nitrogens is 1. The highest BCUT2D eigenvalue weighted by Gasteiger charge is 2.28. The standard InChI is InChI=1S/C16H19ClN2O4/c1-9-5-19(6-10(2)22-9)15-11(7-20)4-12-13(8-21-3)18-23-16(12)14(15)17/h4,7,9-10H,5-6,8H2,1-3H3. The molecule has 1 aromatic carbocycles. The van der Waals surface area contributed by atoms with E-state index in [4.69, 9.17) is 25.6 Å². The Kier molecular flexibility index (Phi) is 4.57. The fourth-order valence-corrected chi connectivity index (χ4v) is 3.47. The lowest BCUT2D eigenvalue weighted by Gasteiger charge is -2.37. The molecular weight excluding hydrogens is 320 g/mol. The van der Waals surface area contributed by atoms with E-state index in [9.17, 15) is 4.79 Å². The molecule has 0 saturated carbocycles. The van der Waals surface area contributed by atoms with Crippen LogP contribution in [0.3, 0.4) is 0 Å². The molecular formula is C16H19ClN2O4. The summed E-state index contributed by atoms with van der Waals surface area (Å²) in [5.41, 5.74) is 2.30. The summed E-state index contributed by atoms with van der Waals surface area (Å²) in [7, 11) is 1.58. The van der Waals surface area contributed by atoms with E-state index in [0.29, 0.717) is 52.6 Å². The zero-order chi connectivity index (χ0) is 16.6. The Morgan fingerprint density at radius 2 is 2.13 bits per heavy atom. The third-order valence-corrected chi connectivity index (χ3v) is 4.28. The molecule has 6 nitrogen and oxygen atoms in total. The summed E-state index contributed by atoms with van der Waals surface area (Å²) in [6.45, 7) is 5.62. The lowest BCUT2D eigenvalue weighted by molar-refractivity contribution is -0.00524. The van der Waals surface area contributed by atoms with Crippen molar-refractivity contribution in [2.24, 2.45) is 0 Å². The van der Waals surface area contributed by atoms with Crippen LogP contribution in [-0.4, -0.2) is 43.9 Å². The summed E-state index contributed by atoms with van der Waals surface area (Å²) >= 11 is 6.55. The van der Waals surface area contributed by atoms with E-state index in [2.05, 4.69) is 10.1 Å². The lowest BCUT2D eigenvalue weighted by Crippen LogP contribution is -2.46. The van der Waals surface area contributed by atoms with Gasteiger partial charge in [0.2, 0.25) is 0 Å². The number of halogens is 1. The first-order valence-corrected chi connectivity index (χ1v) is 7.88. The second kappa shape index (κ2) is 6.47. The fraction of sp³-hybridized carbons (Fsp3) is 0.500. The second-order valence-electron chi connectivity index (χ2n) is 5.85. The Labute approximate surface area is 139 Å². The van der Waals surface area contributed by atoms with Crippen LogP contribution in [-0.2, 0) is 16.1 Å². The topological polar surface area (TPSA) is 64.8 Å². The molecule has 0 N–H and O–H groups in total. The maximum atomic E-state index is 11.6. The third-order valence-electron chi connectivity index (χ3n) is 3.93. The second-order valence-corrected chi connectivity index (χ2v) is 6.23. The predicted molar refractivity (Wildman–Crippen MR) is 87.3 cm³/mol. The molecule has 2 aromatic rings. The van der Waals surface area contributed by atoms with Gasteiger partial charge in [-0.2, -0.15) is 0 Å². The average molecular weight is 339 g/mol. The minimum Gasteiger partial charge on any atom is -0.378 e. The van der Waals surface area contributed by atoms with Crippen LogP contribution >= 0.6 is 11.6 Å². The van der Waals surface area contributed by atoms with Gasteiger partial charge in [-0.3, -0.25) is 4.79 Å². The van der Waals surface area contributed by atoms with Crippen molar-refractivity contribution in [2.75, 3.05) is 25.1 Å². The Morgan fingerprint density at radius 1 is 1.43 bits per heavy atom. The Balaban J connectivity index is 2.12. The first-order chi connectivity index (χ1) is 11.0. The van der Waals surface area contributed by atoms with Gasteiger partial charge < -0.3 is 18.9 Å². The van der Waals surface area contributed by atoms with Gasteiger partial charge in [0.05, 0.1) is 24.5 Å². The highest BCUT2D eigenvalue weighted by atomic mass is 35.5. The maximum Gasteiger partial charge on any atom is 0.187 e. The zero-order valence-corrected chi connectivity index (χ0v) is 14.1. The molecule has 1 aromatic heterocycles. The number of fused-ring (bicyclic) bond motifs is 1. The van der Waals surface area contributed by atoms with Crippen molar-refractivity contribution in [3.63, 3.8) is 0 Å². The maximum absolute atomic E-state index is 11.6. The van der Waals surface area contributed by atoms with Gasteiger partial charge in [0.15, 0.2) is 11.9 Å². The summed E-state index contributed by atoms with van der Waals surface area (Å²) in [5.74, 6) is 0. The molecule has 0 aliphatic carbocycles. The molecule has 1 aliphatic heterocycles. The van der Waals surface area contributed by atoms with Crippen LogP contribution in [0.5, 0.6) is 0 Å². The number of rotatable bonds is 4. The summed E-state index contributed by atoms with van der Waals surface area (Å²) in [6, 6.07) is 1.76. The van der Waals surface area contributed by atoms with Crippen molar-refractivity contribution < 1.29 is 18.8 Å². The van der Waals surface area contributed by atoms with Crippen molar-refractivity contribution in [2.45, 2.75) is 32.7 Å². The molecule has 0 radical (unpaired) electrons. The molecule has 124 valence electrons. The first-order valence-electron chi connectivity index (χ1n) is 7.50. The van der Waals surface area contributed by atoms with Crippen molar-refractivity contribution in [1.29, 1.82) is 0 Å². The van der Waals surface area contributed by atoms with Crippen molar-refractivity contribution in [3.8, 4) is 0 Å². The smallest absolute Gasteiger partial charge is 0.187 e. The van der Waals surface area contributed by atoms with Crippen molar-refractivity contribution in [3.05, 3.63) is 22.3 Å². The van der Waals surface area contributed by atoms with Crippen LogP contribution < -0.4 is 4.90 Å². The molecule has 0 amide bonds. The Morgan fingerprint density at radius 3 is 2.74 bits per heavy atom. The quantitative estimate of drug-likeness (QED) is 0.798. The van der Waals surface area contributed by atoms with Gasteiger partial charge in [-0.25, -0.2) is 0 Å². The van der Waals surface area contributed by atoms with Gasteiger partial charge in [0, 0.05) is 31.1 Å². The number of benzene rings is 1. The SMILES string of the molecule is COCc1noc2c(Cl)c(N3CC(C)OC(C)C3)c(C=O)cc12. The molecule has 0 spiro atoms. The Hall–Kier alpha value is -1.63. The molecule has 0 bridgehead atoms. The number of carbonyl (C=O) groups is 1. The lowest BCUT2D eigenvalue weighted by atomic mass is 10.1. The number of hydrogen-bond donors (Lipinski definition) is 0. The van der Waals surface area contributed by atoms with E-state index < -0.39 is 0 Å². The van der Waals surface area contributed by atoms with Crippen molar-refractivity contribution in [1.82, 2.24) is 5.16 Å². The monoisotopic (exact) mass is 338 g/mol. The zero-order valence-electron chi connectivity index (χ0n) is 13.3. The predicted octanol–water partition coefficient (Wildman–Crippen LogP) is 3.05. The van der Waals surface area contributed by atoms with E-state index in [1.165, 1.54) is 0 Å². The highest BCUT2D eigenvalue weighted by Crippen LogP contribution is 2.39. The van der Waals surface area contributed by atoms with Crippen LogP contribution in [0.1, 0.15) is 29.9 Å². The number of aldehydes is 1. The van der Waals surface area contributed by atoms with E-state index in [1.807, 2.05) is 13.8 Å². The summed E-state index contributed by atoms with van der Waals surface area (Å²) < 4.78 is 16.2. The van der Waals surface area contributed by atoms with Crippen LogP contribution in [0.2, 0.25) is 5.02 Å². The summed E-state index contributed by atoms with van der Waals surface area (Å²) in [6.07, 6.45) is 0.933. The van der Waals surface area contributed by atoms with E-state index in [0.717, 1.165) is 6.29 Å². The first kappa shape index (κ1) is 16.2. The molecule has 2 heterocycles. The molecule has 23 heavy (non-hydrogen) atoms. The van der Waals surface area contributed by atoms with Gasteiger partial charge in [-0.05, 0) is 19.9 Å². The third kappa shape index (κ3) is 2.94. The van der Waals surface area contributed by atoms with Gasteiger partial charge in [0.1, 0.15) is 10.7 Å². The number of carbonyl (C=O) groups excluding carboxylic acids is 1. The number of morpholine rings is 1. The average Bonchev–Trinajstić information content (AvgIpc) is 2.89. The van der Waals surface area contributed by atoms with Gasteiger partial charge in [-0.15, -0.1) is 0 Å². The number of nitrogens with zero attached hydrogens (tertiary/aromatic N) is 2. The van der Waals surface area contributed by atoms with Crippen LogP contribution in [0.4, 0.5) is 5.69 Å². The van der Waals surface area contributed by atoms with Crippen LogP contribution in [0.15, 0.2) is 10.6 Å². The number of hydrogen-bond acceptors (Lipinski definition) is 6. The molecule has 3 rings (SSSR count). The number of ether oxygens (including phenoxy) is 2. The van der Waals surface area contributed by atoms with E-state index in [1.54, 1.807) is 13.2 Å². The van der Waals surface area contributed by atoms with Gasteiger partial charge in [0.25, 0.3) is 0 Å². The fourth-order valence-electron chi connectivity index (χ4n) is 3.11. The molecule has 1 saturated heterocycles. The van der Waals surface area contributed by atoms with Crippen molar-refractivity contribution >= 4 is 34.5 Å². The van der Waals surface area contributed by atoms with Crippen LogP contribution in [0, 0.1) is 0 Å². The molecule has 1 fully saturated rings. The van der Waals surface area contributed by atoms with Gasteiger partial charge in [-0.1, -0.05) is 16.8 Å². The molecule has 7 heteroatoms. The summed E-state index contributed by atoms with van der Waals surface area (Å²) in [5, 5.41) is 5.10. The summed E-state index contributed by atoms with van der Waals surface area (Å²) in [4.78, 5) is 13.7. The number of anilines is 1. The minimum atomic E-state index is 0.0591. The normalized spacial score (nSPS) is 21.8. The van der Waals surface area contributed by atoms with Gasteiger partial charge >= 0.3 is 0 Å². The number of methoxy groups -OCH3 is 1. The minimum absolute atomic E-state index is 0.0591. The Bertz CT molecular complexity index is 720. The van der Waals surface area contributed by atoms with E-state index in [-0.39, 0.29) is 12.2 Å². The molecule has 2 unspecified atom stereocenters. The largest absolute Gasteiger partial charge is 0.378 e. The van der Waals surface area contributed by atoms with E-state index >= 15 is 0 Å². The molecule has 1 aliphatic rings. The molecule has 2 atom stereocenters. The highest BCUT2D eigenvalue weighted by molar-refractivity contribution is 6.38. The van der Waals surface area contributed by atoms with Crippen LogP contribution in [0.25, 0.3) is 11.0 Å².